The van der Waals surface area contributed by atoms with Gasteiger partial charge in [-0.15, -0.1) is 12.4 Å². The number of unbranched alkanes of at least 4 members (excludes halogenated alkanes) is 1. The molecule has 1 atom stereocenters. The zero-order valence-electron chi connectivity index (χ0n) is 13.4. The fourth-order valence-corrected chi connectivity index (χ4v) is 2.98. The molecule has 1 N–H and O–H groups in total. The van der Waals surface area contributed by atoms with Crippen LogP contribution in [0.5, 0.6) is 11.5 Å². The molecule has 0 saturated carbocycles. The van der Waals surface area contributed by atoms with E-state index in [2.05, 4.69) is 24.4 Å². The highest BCUT2D eigenvalue weighted by atomic mass is 35.5. The van der Waals surface area contributed by atoms with Gasteiger partial charge in [0.25, 0.3) is 0 Å². The Labute approximate surface area is 134 Å². The second-order valence-electron chi connectivity index (χ2n) is 5.55. The molecule has 2 rings (SSSR count). The quantitative estimate of drug-likeness (QED) is 0.863. The molecule has 0 radical (unpaired) electrons. The minimum Gasteiger partial charge on any atom is -0.496 e. The summed E-state index contributed by atoms with van der Waals surface area (Å²) in [6.07, 6.45) is 5.89. The molecule has 0 spiro atoms. The first-order valence-corrected chi connectivity index (χ1v) is 7.75. The Kier molecular flexibility index (Phi) is 7.91. The number of ether oxygens (including phenoxy) is 2. The van der Waals surface area contributed by atoms with Crippen molar-refractivity contribution in [2.75, 3.05) is 27.3 Å². The van der Waals surface area contributed by atoms with Gasteiger partial charge in [-0.3, -0.25) is 0 Å². The van der Waals surface area contributed by atoms with Crippen LogP contribution in [-0.2, 0) is 6.42 Å². The van der Waals surface area contributed by atoms with Crippen molar-refractivity contribution in [3.8, 4) is 11.5 Å². The Morgan fingerprint density at radius 3 is 2.52 bits per heavy atom. The van der Waals surface area contributed by atoms with Crippen LogP contribution >= 0.6 is 12.4 Å². The summed E-state index contributed by atoms with van der Waals surface area (Å²) in [7, 11) is 3.53. The van der Waals surface area contributed by atoms with E-state index in [9.17, 15) is 0 Å². The second-order valence-corrected chi connectivity index (χ2v) is 5.55. The van der Waals surface area contributed by atoms with Gasteiger partial charge in [0.1, 0.15) is 11.5 Å². The van der Waals surface area contributed by atoms with Crippen LogP contribution in [0, 0.1) is 0 Å². The minimum absolute atomic E-state index is 0. The largest absolute Gasteiger partial charge is 0.496 e. The number of halogens is 1. The third kappa shape index (κ3) is 4.52. The fourth-order valence-electron chi connectivity index (χ4n) is 2.98. The van der Waals surface area contributed by atoms with E-state index in [-0.39, 0.29) is 12.4 Å². The highest BCUT2D eigenvalue weighted by Gasteiger charge is 2.21. The van der Waals surface area contributed by atoms with E-state index in [0.717, 1.165) is 31.0 Å². The van der Waals surface area contributed by atoms with Gasteiger partial charge in [0, 0.05) is 18.0 Å². The third-order valence-corrected chi connectivity index (χ3v) is 4.17. The minimum atomic E-state index is 0. The van der Waals surface area contributed by atoms with Crippen LogP contribution in [0.25, 0.3) is 0 Å². The van der Waals surface area contributed by atoms with Gasteiger partial charge in [-0.25, -0.2) is 0 Å². The van der Waals surface area contributed by atoms with E-state index in [4.69, 9.17) is 9.47 Å². The van der Waals surface area contributed by atoms with Gasteiger partial charge in [0.2, 0.25) is 0 Å². The first kappa shape index (κ1) is 18.1. The van der Waals surface area contributed by atoms with Crippen molar-refractivity contribution in [1.82, 2.24) is 5.32 Å². The molecule has 0 aliphatic carbocycles. The highest BCUT2D eigenvalue weighted by Crippen LogP contribution is 2.36. The van der Waals surface area contributed by atoms with Crippen molar-refractivity contribution in [3.05, 3.63) is 23.3 Å². The maximum atomic E-state index is 5.64. The molecule has 1 fully saturated rings. The maximum absolute atomic E-state index is 5.64. The zero-order valence-corrected chi connectivity index (χ0v) is 14.2. The van der Waals surface area contributed by atoms with Crippen LogP contribution in [-0.4, -0.2) is 27.3 Å². The average molecular weight is 314 g/mol. The number of aryl methyl sites for hydroxylation is 1. The van der Waals surface area contributed by atoms with Crippen molar-refractivity contribution in [3.63, 3.8) is 0 Å². The van der Waals surface area contributed by atoms with Crippen molar-refractivity contribution < 1.29 is 9.47 Å². The van der Waals surface area contributed by atoms with Gasteiger partial charge in [0.05, 0.1) is 14.2 Å². The van der Waals surface area contributed by atoms with Gasteiger partial charge in [-0.1, -0.05) is 13.3 Å². The van der Waals surface area contributed by atoms with Crippen LogP contribution in [0.3, 0.4) is 0 Å². The summed E-state index contributed by atoms with van der Waals surface area (Å²) in [4.78, 5) is 0. The molecule has 1 aromatic carbocycles. The number of piperidine rings is 1. The smallest absolute Gasteiger partial charge is 0.122 e. The predicted molar refractivity (Wildman–Crippen MR) is 90.3 cm³/mol. The molecule has 1 aliphatic rings. The third-order valence-electron chi connectivity index (χ3n) is 4.17. The summed E-state index contributed by atoms with van der Waals surface area (Å²) in [6.45, 7) is 4.38. The number of methoxy groups -OCH3 is 2. The van der Waals surface area contributed by atoms with Crippen LogP contribution in [0.2, 0.25) is 0 Å². The van der Waals surface area contributed by atoms with Gasteiger partial charge >= 0.3 is 0 Å². The second kappa shape index (κ2) is 9.16. The maximum Gasteiger partial charge on any atom is 0.122 e. The number of hydrogen-bond donors (Lipinski definition) is 1. The molecule has 1 aliphatic heterocycles. The van der Waals surface area contributed by atoms with E-state index in [1.165, 1.54) is 36.8 Å². The summed E-state index contributed by atoms with van der Waals surface area (Å²) in [5, 5.41) is 3.47. The van der Waals surface area contributed by atoms with Crippen LogP contribution < -0.4 is 14.8 Å². The molecule has 3 nitrogen and oxygen atoms in total. The lowest BCUT2D eigenvalue weighted by atomic mass is 9.89. The molecule has 1 saturated heterocycles. The normalized spacial score (nSPS) is 18.0. The van der Waals surface area contributed by atoms with Crippen LogP contribution in [0.1, 0.15) is 49.7 Å². The molecule has 21 heavy (non-hydrogen) atoms. The van der Waals surface area contributed by atoms with Gasteiger partial charge < -0.3 is 14.8 Å². The summed E-state index contributed by atoms with van der Waals surface area (Å²) in [6, 6.07) is 4.37. The van der Waals surface area contributed by atoms with E-state index in [0.29, 0.717) is 5.92 Å². The summed E-state index contributed by atoms with van der Waals surface area (Å²) in [5.41, 5.74) is 2.55. The Morgan fingerprint density at radius 2 is 1.95 bits per heavy atom. The van der Waals surface area contributed by atoms with E-state index in [1.54, 1.807) is 14.2 Å². The van der Waals surface area contributed by atoms with Crippen LogP contribution in [0.15, 0.2) is 12.1 Å². The van der Waals surface area contributed by atoms with Crippen molar-refractivity contribution in [2.24, 2.45) is 0 Å². The fraction of sp³-hybridized carbons (Fsp3) is 0.647. The van der Waals surface area contributed by atoms with Crippen molar-refractivity contribution >= 4 is 12.4 Å². The van der Waals surface area contributed by atoms with Crippen molar-refractivity contribution in [2.45, 2.75) is 44.9 Å². The SMILES string of the molecule is CCCCc1cc(OC)c(C2CCCNC2)cc1OC.Cl. The summed E-state index contributed by atoms with van der Waals surface area (Å²) >= 11 is 0. The molecule has 4 heteroatoms. The van der Waals surface area contributed by atoms with Gasteiger partial charge in [0.15, 0.2) is 0 Å². The topological polar surface area (TPSA) is 30.5 Å². The van der Waals surface area contributed by atoms with Crippen molar-refractivity contribution in [1.29, 1.82) is 0 Å². The van der Waals surface area contributed by atoms with Gasteiger partial charge in [-0.2, -0.15) is 0 Å². The van der Waals surface area contributed by atoms with E-state index >= 15 is 0 Å². The summed E-state index contributed by atoms with van der Waals surface area (Å²) < 4.78 is 11.2. The first-order valence-electron chi connectivity index (χ1n) is 7.75. The molecule has 0 amide bonds. The van der Waals surface area contributed by atoms with Crippen LogP contribution in [0.4, 0.5) is 0 Å². The monoisotopic (exact) mass is 313 g/mol. The molecular formula is C17H28ClNO2. The standard InChI is InChI=1S/C17H27NO2.ClH/c1-4-5-7-13-10-17(20-3)15(11-16(13)19-2)14-8-6-9-18-12-14;/h10-11,14,18H,4-9,12H2,1-3H3;1H. The van der Waals surface area contributed by atoms with E-state index < -0.39 is 0 Å². The Hall–Kier alpha value is -0.930. The molecule has 1 heterocycles. The average Bonchev–Trinajstić information content (AvgIpc) is 2.52. The number of benzene rings is 1. The number of hydrogen-bond acceptors (Lipinski definition) is 3. The van der Waals surface area contributed by atoms with E-state index in [1.807, 2.05) is 0 Å². The lowest BCUT2D eigenvalue weighted by molar-refractivity contribution is 0.381. The summed E-state index contributed by atoms with van der Waals surface area (Å²) in [5.74, 6) is 2.57. The molecule has 0 aromatic heterocycles. The molecule has 1 unspecified atom stereocenters. The molecular weight excluding hydrogens is 286 g/mol. The predicted octanol–water partition coefficient (Wildman–Crippen LogP) is 3.94. The first-order chi connectivity index (χ1) is 9.80. The lowest BCUT2D eigenvalue weighted by Crippen LogP contribution is -2.28. The zero-order chi connectivity index (χ0) is 14.4. The Bertz CT molecular complexity index is 431. The Morgan fingerprint density at radius 1 is 1.19 bits per heavy atom. The van der Waals surface area contributed by atoms with Gasteiger partial charge in [-0.05, 0) is 49.9 Å². The molecule has 1 aromatic rings. The highest BCUT2D eigenvalue weighted by molar-refractivity contribution is 5.85. The molecule has 120 valence electrons. The Balaban J connectivity index is 0.00000220. The number of nitrogens with one attached hydrogen (secondary N) is 1. The number of rotatable bonds is 6. The lowest BCUT2D eigenvalue weighted by Gasteiger charge is -2.26. The molecule has 0 bridgehead atoms.